The lowest BCUT2D eigenvalue weighted by Crippen LogP contribution is -2.32. The topological polar surface area (TPSA) is 20.2 Å². The van der Waals surface area contributed by atoms with E-state index in [1.807, 2.05) is 32.0 Å². The Labute approximate surface area is 130 Å². The second-order valence-electron chi connectivity index (χ2n) is 6.33. The minimum absolute atomic E-state index is 0.324. The highest BCUT2D eigenvalue weighted by Gasteiger charge is 2.28. The first-order valence-corrected chi connectivity index (χ1v) is 8.31. The lowest BCUT2D eigenvalue weighted by atomic mass is 9.79. The number of rotatable bonds is 8. The van der Waals surface area contributed by atoms with Crippen molar-refractivity contribution in [2.45, 2.75) is 77.2 Å². The Morgan fingerprint density at radius 2 is 1.62 bits per heavy atom. The van der Waals surface area contributed by atoms with Crippen molar-refractivity contribution in [3.8, 4) is 11.8 Å². The minimum atomic E-state index is -0.611. The molecule has 1 heteroatoms. The Kier molecular flexibility index (Phi) is 8.16. The Hall–Kier alpha value is -1.26. The van der Waals surface area contributed by atoms with Gasteiger partial charge in [-0.1, -0.05) is 89.1 Å². The Balaban J connectivity index is 2.36. The molecule has 1 aromatic rings. The van der Waals surface area contributed by atoms with E-state index in [1.54, 1.807) is 0 Å². The van der Waals surface area contributed by atoms with Gasteiger partial charge in [0.15, 0.2) is 0 Å². The van der Waals surface area contributed by atoms with E-state index < -0.39 is 6.10 Å². The van der Waals surface area contributed by atoms with Gasteiger partial charge in [0.05, 0.1) is 0 Å². The third-order valence-electron chi connectivity index (χ3n) is 4.10. The quantitative estimate of drug-likeness (QED) is 0.522. The number of aliphatic hydroxyl groups excluding tert-OH is 1. The molecule has 0 radical (unpaired) electrons. The van der Waals surface area contributed by atoms with Crippen LogP contribution in [0.15, 0.2) is 30.3 Å². The van der Waals surface area contributed by atoms with Crippen LogP contribution in [0.5, 0.6) is 0 Å². The molecule has 0 aliphatic rings. The highest BCUT2D eigenvalue weighted by molar-refractivity contribution is 5.28. The molecule has 0 saturated carbocycles. The van der Waals surface area contributed by atoms with Gasteiger partial charge in [0.1, 0.15) is 6.10 Å². The van der Waals surface area contributed by atoms with Crippen LogP contribution in [0.4, 0.5) is 0 Å². The number of aliphatic hydroxyl groups is 1. The van der Waals surface area contributed by atoms with Crippen LogP contribution in [0.1, 0.15) is 71.3 Å². The normalized spacial score (nSPS) is 12.6. The standard InChI is InChI=1S/C20H30O/c1-4-5-6-7-8-9-10-14-17-19(21)20(2,3)18-15-12-11-13-16-18/h11-13,15-16,19,21H,4-10H2,1-3H3/t19-/m0/s1. The molecule has 0 aromatic heterocycles. The summed E-state index contributed by atoms with van der Waals surface area (Å²) in [6.07, 6.45) is 7.98. The van der Waals surface area contributed by atoms with Crippen LogP contribution in [-0.2, 0) is 5.41 Å². The average molecular weight is 286 g/mol. The molecular formula is C20H30O. The van der Waals surface area contributed by atoms with Gasteiger partial charge >= 0.3 is 0 Å². The van der Waals surface area contributed by atoms with Gasteiger partial charge in [-0.25, -0.2) is 0 Å². The lowest BCUT2D eigenvalue weighted by Gasteiger charge is -2.27. The van der Waals surface area contributed by atoms with Gasteiger partial charge in [0.2, 0.25) is 0 Å². The van der Waals surface area contributed by atoms with Crippen molar-refractivity contribution in [3.05, 3.63) is 35.9 Å². The van der Waals surface area contributed by atoms with E-state index in [0.717, 1.165) is 18.4 Å². The third-order valence-corrected chi connectivity index (χ3v) is 4.10. The van der Waals surface area contributed by atoms with Crippen LogP contribution >= 0.6 is 0 Å². The lowest BCUT2D eigenvalue weighted by molar-refractivity contribution is 0.153. The highest BCUT2D eigenvalue weighted by Crippen LogP contribution is 2.26. The molecule has 1 nitrogen and oxygen atoms in total. The molecule has 21 heavy (non-hydrogen) atoms. The van der Waals surface area contributed by atoms with Gasteiger partial charge < -0.3 is 5.11 Å². The van der Waals surface area contributed by atoms with Crippen LogP contribution in [0, 0.1) is 11.8 Å². The van der Waals surface area contributed by atoms with Crippen molar-refractivity contribution in [3.63, 3.8) is 0 Å². The maximum Gasteiger partial charge on any atom is 0.123 e. The molecule has 0 fully saturated rings. The number of hydrogen-bond donors (Lipinski definition) is 1. The molecular weight excluding hydrogens is 256 g/mol. The molecule has 0 bridgehead atoms. The van der Waals surface area contributed by atoms with E-state index in [2.05, 4.69) is 30.9 Å². The van der Waals surface area contributed by atoms with E-state index in [-0.39, 0.29) is 5.41 Å². The molecule has 0 aliphatic carbocycles. The zero-order valence-corrected chi connectivity index (χ0v) is 13.9. The van der Waals surface area contributed by atoms with Crippen LogP contribution in [0.25, 0.3) is 0 Å². The zero-order valence-electron chi connectivity index (χ0n) is 13.9. The molecule has 1 rings (SSSR count). The Morgan fingerprint density at radius 1 is 1.00 bits per heavy atom. The fraction of sp³-hybridized carbons (Fsp3) is 0.600. The van der Waals surface area contributed by atoms with Gasteiger partial charge in [-0.15, -0.1) is 5.92 Å². The summed E-state index contributed by atoms with van der Waals surface area (Å²) in [5, 5.41) is 10.3. The molecule has 0 unspecified atom stereocenters. The largest absolute Gasteiger partial charge is 0.379 e. The maximum atomic E-state index is 10.3. The number of hydrogen-bond acceptors (Lipinski definition) is 1. The van der Waals surface area contributed by atoms with E-state index in [1.165, 1.54) is 32.1 Å². The summed E-state index contributed by atoms with van der Waals surface area (Å²) in [5.74, 6) is 6.18. The Morgan fingerprint density at radius 3 is 2.29 bits per heavy atom. The van der Waals surface area contributed by atoms with Crippen LogP contribution in [0.3, 0.4) is 0 Å². The molecule has 0 amide bonds. The van der Waals surface area contributed by atoms with Gasteiger partial charge in [0.25, 0.3) is 0 Å². The Bertz CT molecular complexity index is 436. The van der Waals surface area contributed by atoms with Crippen LogP contribution in [0.2, 0.25) is 0 Å². The average Bonchev–Trinajstić information content (AvgIpc) is 2.50. The predicted octanol–water partition coefficient (Wildman–Crippen LogP) is 5.08. The zero-order chi connectivity index (χ0) is 15.6. The summed E-state index contributed by atoms with van der Waals surface area (Å²) in [6.45, 7) is 6.33. The predicted molar refractivity (Wildman–Crippen MR) is 91.2 cm³/mol. The van der Waals surface area contributed by atoms with E-state index >= 15 is 0 Å². The summed E-state index contributed by atoms with van der Waals surface area (Å²) in [4.78, 5) is 0. The second kappa shape index (κ2) is 9.64. The van der Waals surface area contributed by atoms with E-state index in [9.17, 15) is 5.11 Å². The van der Waals surface area contributed by atoms with Crippen LogP contribution < -0.4 is 0 Å². The van der Waals surface area contributed by atoms with E-state index in [0.29, 0.717) is 0 Å². The summed E-state index contributed by atoms with van der Waals surface area (Å²) in [5.41, 5.74) is 0.807. The van der Waals surface area contributed by atoms with Gasteiger partial charge in [-0.3, -0.25) is 0 Å². The second-order valence-corrected chi connectivity index (χ2v) is 6.33. The molecule has 116 valence electrons. The summed E-state index contributed by atoms with van der Waals surface area (Å²) >= 11 is 0. The number of unbranched alkanes of at least 4 members (excludes halogenated alkanes) is 6. The summed E-state index contributed by atoms with van der Waals surface area (Å²) in [7, 11) is 0. The first kappa shape index (κ1) is 17.8. The highest BCUT2D eigenvalue weighted by atomic mass is 16.3. The molecule has 1 aromatic carbocycles. The van der Waals surface area contributed by atoms with Gasteiger partial charge in [-0.05, 0) is 12.0 Å². The summed E-state index contributed by atoms with van der Waals surface area (Å²) in [6, 6.07) is 10.1. The minimum Gasteiger partial charge on any atom is -0.379 e. The summed E-state index contributed by atoms with van der Waals surface area (Å²) < 4.78 is 0. The van der Waals surface area contributed by atoms with Crippen molar-refractivity contribution >= 4 is 0 Å². The van der Waals surface area contributed by atoms with Crippen molar-refractivity contribution in [2.75, 3.05) is 0 Å². The van der Waals surface area contributed by atoms with Gasteiger partial charge in [0, 0.05) is 11.8 Å². The first-order valence-electron chi connectivity index (χ1n) is 8.31. The molecule has 0 heterocycles. The van der Waals surface area contributed by atoms with Gasteiger partial charge in [-0.2, -0.15) is 0 Å². The molecule has 0 aliphatic heterocycles. The maximum absolute atomic E-state index is 10.3. The molecule has 1 N–H and O–H groups in total. The fourth-order valence-corrected chi connectivity index (χ4v) is 2.37. The van der Waals surface area contributed by atoms with Crippen molar-refractivity contribution in [2.24, 2.45) is 0 Å². The SMILES string of the molecule is CCCCCCCCC#C[C@H](O)C(C)(C)c1ccccc1. The monoisotopic (exact) mass is 286 g/mol. The van der Waals surface area contributed by atoms with E-state index in [4.69, 9.17) is 0 Å². The van der Waals surface area contributed by atoms with Crippen LogP contribution in [-0.4, -0.2) is 11.2 Å². The fourth-order valence-electron chi connectivity index (χ4n) is 2.37. The molecule has 1 atom stereocenters. The first-order chi connectivity index (χ1) is 10.1. The van der Waals surface area contributed by atoms with Crippen molar-refractivity contribution in [1.29, 1.82) is 0 Å². The van der Waals surface area contributed by atoms with Crippen molar-refractivity contribution < 1.29 is 5.11 Å². The molecule has 0 spiro atoms. The smallest absolute Gasteiger partial charge is 0.123 e. The number of benzene rings is 1. The third kappa shape index (κ3) is 6.36. The van der Waals surface area contributed by atoms with Crippen molar-refractivity contribution in [1.82, 2.24) is 0 Å². The molecule has 0 saturated heterocycles.